The summed E-state index contributed by atoms with van der Waals surface area (Å²) in [4.78, 5) is 0. The molecule has 3 nitrogen and oxygen atoms in total. The molecule has 3 rings (SSSR count). The fraction of sp³-hybridized carbons (Fsp3) is 0.0625. The van der Waals surface area contributed by atoms with Crippen molar-refractivity contribution in [1.29, 1.82) is 0 Å². The first-order chi connectivity index (χ1) is 9.66. The number of rotatable bonds is 2. The highest BCUT2D eigenvalue weighted by Gasteiger charge is 2.18. The van der Waals surface area contributed by atoms with E-state index in [4.69, 9.17) is 10.3 Å². The van der Waals surface area contributed by atoms with Crippen LogP contribution in [-0.4, -0.2) is 5.16 Å². The number of halogens is 1. The summed E-state index contributed by atoms with van der Waals surface area (Å²) in [6.45, 7) is 2.06. The van der Waals surface area contributed by atoms with E-state index in [1.54, 1.807) is 0 Å². The van der Waals surface area contributed by atoms with Gasteiger partial charge in [-0.1, -0.05) is 41.6 Å². The van der Waals surface area contributed by atoms with Crippen LogP contribution in [0.25, 0.3) is 22.5 Å². The standard InChI is InChI=1S/C16H13IN2O/c1-10-5-2-3-8-13(10)14-15(20-19-16(14)18)11-6-4-7-12(17)9-11/h2-9H,1H3,(H2,18,19). The Hall–Kier alpha value is -1.82. The van der Waals surface area contributed by atoms with Crippen LogP contribution < -0.4 is 5.73 Å². The molecule has 0 amide bonds. The van der Waals surface area contributed by atoms with Crippen molar-refractivity contribution in [2.45, 2.75) is 6.92 Å². The van der Waals surface area contributed by atoms with E-state index in [-0.39, 0.29) is 0 Å². The highest BCUT2D eigenvalue weighted by atomic mass is 127. The van der Waals surface area contributed by atoms with E-state index >= 15 is 0 Å². The third-order valence-electron chi connectivity index (χ3n) is 3.22. The zero-order valence-electron chi connectivity index (χ0n) is 10.9. The monoisotopic (exact) mass is 376 g/mol. The van der Waals surface area contributed by atoms with Gasteiger partial charge in [0.25, 0.3) is 0 Å². The minimum Gasteiger partial charge on any atom is -0.380 e. The van der Waals surface area contributed by atoms with E-state index in [0.29, 0.717) is 5.82 Å². The Morgan fingerprint density at radius 2 is 1.90 bits per heavy atom. The van der Waals surface area contributed by atoms with Crippen LogP contribution in [0.5, 0.6) is 0 Å². The fourth-order valence-electron chi connectivity index (χ4n) is 2.24. The summed E-state index contributed by atoms with van der Waals surface area (Å²) in [5, 5.41) is 3.94. The molecule has 2 N–H and O–H groups in total. The number of nitrogens with zero attached hydrogens (tertiary/aromatic N) is 1. The van der Waals surface area contributed by atoms with Crippen LogP contribution in [0.1, 0.15) is 5.56 Å². The minimum atomic E-state index is 0.424. The predicted octanol–water partition coefficient (Wildman–Crippen LogP) is 4.50. The van der Waals surface area contributed by atoms with Gasteiger partial charge in [-0.15, -0.1) is 0 Å². The van der Waals surface area contributed by atoms with Crippen LogP contribution in [0.4, 0.5) is 5.82 Å². The van der Waals surface area contributed by atoms with Crippen molar-refractivity contribution < 1.29 is 4.52 Å². The second kappa shape index (κ2) is 5.28. The van der Waals surface area contributed by atoms with Crippen LogP contribution in [0.2, 0.25) is 0 Å². The molecule has 0 radical (unpaired) electrons. The van der Waals surface area contributed by atoms with Gasteiger partial charge in [-0.05, 0) is 52.8 Å². The number of aryl methyl sites for hydroxylation is 1. The first-order valence-electron chi connectivity index (χ1n) is 6.24. The van der Waals surface area contributed by atoms with Gasteiger partial charge in [0.2, 0.25) is 0 Å². The number of anilines is 1. The lowest BCUT2D eigenvalue weighted by atomic mass is 9.98. The number of aromatic nitrogens is 1. The maximum Gasteiger partial charge on any atom is 0.176 e. The number of nitrogen functional groups attached to an aromatic ring is 1. The van der Waals surface area contributed by atoms with Gasteiger partial charge in [-0.2, -0.15) is 0 Å². The van der Waals surface area contributed by atoms with Crippen molar-refractivity contribution in [3.8, 4) is 22.5 Å². The summed E-state index contributed by atoms with van der Waals surface area (Å²) in [7, 11) is 0. The van der Waals surface area contributed by atoms with Crippen LogP contribution in [0.15, 0.2) is 53.1 Å². The molecule has 0 spiro atoms. The van der Waals surface area contributed by atoms with Gasteiger partial charge in [-0.25, -0.2) is 0 Å². The quantitative estimate of drug-likeness (QED) is 0.670. The van der Waals surface area contributed by atoms with Gasteiger partial charge in [0, 0.05) is 9.13 Å². The van der Waals surface area contributed by atoms with Gasteiger partial charge < -0.3 is 10.3 Å². The molecule has 2 aromatic carbocycles. The van der Waals surface area contributed by atoms with Crippen LogP contribution >= 0.6 is 22.6 Å². The SMILES string of the molecule is Cc1ccccc1-c1c(N)noc1-c1cccc(I)c1. The number of benzene rings is 2. The van der Waals surface area contributed by atoms with Gasteiger partial charge in [0.15, 0.2) is 11.6 Å². The second-order valence-corrected chi connectivity index (χ2v) is 5.84. The molecule has 4 heteroatoms. The lowest BCUT2D eigenvalue weighted by molar-refractivity contribution is 0.436. The Morgan fingerprint density at radius 3 is 2.65 bits per heavy atom. The molecule has 0 unspecified atom stereocenters. The summed E-state index contributed by atoms with van der Waals surface area (Å²) >= 11 is 2.28. The van der Waals surface area contributed by atoms with Crippen LogP contribution in [0.3, 0.4) is 0 Å². The van der Waals surface area contributed by atoms with E-state index in [1.165, 1.54) is 0 Å². The maximum atomic E-state index is 6.01. The zero-order chi connectivity index (χ0) is 14.1. The Morgan fingerprint density at radius 1 is 1.10 bits per heavy atom. The molecule has 3 aromatic rings. The van der Waals surface area contributed by atoms with Gasteiger partial charge in [-0.3, -0.25) is 0 Å². The molecular weight excluding hydrogens is 363 g/mol. The Kier molecular flexibility index (Phi) is 3.48. The van der Waals surface area contributed by atoms with Crippen LogP contribution in [0, 0.1) is 10.5 Å². The predicted molar refractivity (Wildman–Crippen MR) is 89.2 cm³/mol. The summed E-state index contributed by atoms with van der Waals surface area (Å²) in [6.07, 6.45) is 0. The first kappa shape index (κ1) is 13.2. The Bertz CT molecular complexity index is 765. The fourth-order valence-corrected chi connectivity index (χ4v) is 2.79. The zero-order valence-corrected chi connectivity index (χ0v) is 13.1. The van der Waals surface area contributed by atoms with Crippen LogP contribution in [-0.2, 0) is 0 Å². The highest BCUT2D eigenvalue weighted by molar-refractivity contribution is 14.1. The van der Waals surface area contributed by atoms with E-state index < -0.39 is 0 Å². The molecule has 0 aliphatic carbocycles. The third-order valence-corrected chi connectivity index (χ3v) is 3.89. The first-order valence-corrected chi connectivity index (χ1v) is 7.32. The Balaban J connectivity index is 2.23. The minimum absolute atomic E-state index is 0.424. The van der Waals surface area contributed by atoms with Crippen molar-refractivity contribution in [2.75, 3.05) is 5.73 Å². The molecule has 0 bridgehead atoms. The average Bonchev–Trinajstić information content (AvgIpc) is 2.81. The number of nitrogens with two attached hydrogens (primary N) is 1. The van der Waals surface area contributed by atoms with E-state index in [9.17, 15) is 0 Å². The van der Waals surface area contributed by atoms with E-state index in [0.717, 1.165) is 31.6 Å². The van der Waals surface area contributed by atoms with Gasteiger partial charge in [0.05, 0.1) is 5.56 Å². The van der Waals surface area contributed by atoms with Crippen molar-refractivity contribution in [3.63, 3.8) is 0 Å². The molecular formula is C16H13IN2O. The smallest absolute Gasteiger partial charge is 0.176 e. The maximum absolute atomic E-state index is 6.01. The molecule has 0 saturated heterocycles. The summed E-state index contributed by atoms with van der Waals surface area (Å²) in [6, 6.07) is 16.2. The number of hydrogen-bond acceptors (Lipinski definition) is 3. The largest absolute Gasteiger partial charge is 0.380 e. The van der Waals surface area contributed by atoms with Crippen molar-refractivity contribution in [3.05, 3.63) is 57.7 Å². The topological polar surface area (TPSA) is 52.0 Å². The van der Waals surface area contributed by atoms with E-state index in [2.05, 4.69) is 46.8 Å². The van der Waals surface area contributed by atoms with Crippen molar-refractivity contribution in [1.82, 2.24) is 5.16 Å². The van der Waals surface area contributed by atoms with Crippen molar-refractivity contribution >= 4 is 28.4 Å². The molecule has 100 valence electrons. The third kappa shape index (κ3) is 2.31. The highest BCUT2D eigenvalue weighted by Crippen LogP contribution is 2.38. The van der Waals surface area contributed by atoms with Gasteiger partial charge >= 0.3 is 0 Å². The molecule has 0 atom stereocenters. The normalized spacial score (nSPS) is 10.7. The molecule has 1 heterocycles. The average molecular weight is 376 g/mol. The summed E-state index contributed by atoms with van der Waals surface area (Å²) < 4.78 is 6.61. The number of hydrogen-bond donors (Lipinski definition) is 1. The molecule has 1 aromatic heterocycles. The lowest BCUT2D eigenvalue weighted by Crippen LogP contribution is -1.91. The van der Waals surface area contributed by atoms with Gasteiger partial charge in [0.1, 0.15) is 0 Å². The van der Waals surface area contributed by atoms with E-state index in [1.807, 2.05) is 36.4 Å². The molecule has 0 saturated carbocycles. The Labute approximate surface area is 130 Å². The summed E-state index contributed by atoms with van der Waals surface area (Å²) in [5.41, 5.74) is 10.1. The molecule has 0 aliphatic heterocycles. The molecule has 20 heavy (non-hydrogen) atoms. The molecule has 0 fully saturated rings. The van der Waals surface area contributed by atoms with Crippen molar-refractivity contribution in [2.24, 2.45) is 0 Å². The lowest BCUT2D eigenvalue weighted by Gasteiger charge is -2.06. The summed E-state index contributed by atoms with van der Waals surface area (Å²) in [5.74, 6) is 1.14. The second-order valence-electron chi connectivity index (χ2n) is 4.60. The molecule has 0 aliphatic rings.